The summed E-state index contributed by atoms with van der Waals surface area (Å²) >= 11 is 1.24. The summed E-state index contributed by atoms with van der Waals surface area (Å²) in [6, 6.07) is 3.37. The molecular weight excluding hydrogens is 266 g/mol. The molecule has 0 aromatic carbocycles. The summed E-state index contributed by atoms with van der Waals surface area (Å²) in [6.45, 7) is 0. The standard InChI is InChI=1S/C12H11N3O3S/c1-15-6-4-9(14-15)13-12(18)11-8(5-7-19-11)2-3-10(16)17/h2-7H,1H3,(H,16,17)(H,13,14,18)/b3-2+. The topological polar surface area (TPSA) is 84.2 Å². The van der Waals surface area contributed by atoms with Crippen LogP contribution in [0.2, 0.25) is 0 Å². The van der Waals surface area contributed by atoms with Crippen molar-refractivity contribution in [3.63, 3.8) is 0 Å². The van der Waals surface area contributed by atoms with Gasteiger partial charge in [-0.25, -0.2) is 4.79 Å². The highest BCUT2D eigenvalue weighted by atomic mass is 32.1. The first-order chi connectivity index (χ1) is 9.06. The Balaban J connectivity index is 2.15. The van der Waals surface area contributed by atoms with E-state index in [9.17, 15) is 9.59 Å². The van der Waals surface area contributed by atoms with Crippen molar-refractivity contribution in [1.29, 1.82) is 0 Å². The second kappa shape index (κ2) is 5.49. The van der Waals surface area contributed by atoms with Gasteiger partial charge in [-0.05, 0) is 23.1 Å². The molecule has 0 aliphatic carbocycles. The van der Waals surface area contributed by atoms with Crippen molar-refractivity contribution >= 4 is 35.1 Å². The van der Waals surface area contributed by atoms with Crippen molar-refractivity contribution < 1.29 is 14.7 Å². The molecule has 0 aliphatic heterocycles. The van der Waals surface area contributed by atoms with E-state index in [2.05, 4.69) is 10.4 Å². The SMILES string of the molecule is Cn1ccc(NC(=O)c2sccc2/C=C/C(=O)O)n1. The number of thiophene rings is 1. The molecule has 1 amide bonds. The number of nitrogens with one attached hydrogen (secondary N) is 1. The lowest BCUT2D eigenvalue weighted by Crippen LogP contribution is -2.12. The van der Waals surface area contributed by atoms with Gasteiger partial charge in [0, 0.05) is 25.4 Å². The maximum absolute atomic E-state index is 12.0. The molecule has 0 unspecified atom stereocenters. The molecule has 0 saturated heterocycles. The van der Waals surface area contributed by atoms with Gasteiger partial charge >= 0.3 is 5.97 Å². The van der Waals surface area contributed by atoms with Crippen molar-refractivity contribution in [2.45, 2.75) is 0 Å². The summed E-state index contributed by atoms with van der Waals surface area (Å²) in [5, 5.41) is 17.0. The molecule has 6 nitrogen and oxygen atoms in total. The Kier molecular flexibility index (Phi) is 3.76. The van der Waals surface area contributed by atoms with Gasteiger partial charge in [-0.3, -0.25) is 9.48 Å². The van der Waals surface area contributed by atoms with Crippen LogP contribution in [0, 0.1) is 0 Å². The highest BCUT2D eigenvalue weighted by molar-refractivity contribution is 7.12. The Hall–Kier alpha value is -2.41. The van der Waals surface area contributed by atoms with E-state index in [0.717, 1.165) is 6.08 Å². The first-order valence-corrected chi connectivity index (χ1v) is 6.24. The number of amides is 1. The lowest BCUT2D eigenvalue weighted by atomic mass is 10.2. The van der Waals surface area contributed by atoms with Crippen LogP contribution < -0.4 is 5.32 Å². The van der Waals surface area contributed by atoms with E-state index >= 15 is 0 Å². The van der Waals surface area contributed by atoms with E-state index < -0.39 is 5.97 Å². The van der Waals surface area contributed by atoms with Gasteiger partial charge in [0.25, 0.3) is 5.91 Å². The number of carboxylic acid groups (broad SMARTS) is 1. The number of hydrogen-bond donors (Lipinski definition) is 2. The van der Waals surface area contributed by atoms with Crippen LogP contribution in [0.1, 0.15) is 15.2 Å². The minimum absolute atomic E-state index is 0.307. The minimum atomic E-state index is -1.05. The molecule has 0 fully saturated rings. The number of carbonyl (C=O) groups excluding carboxylic acids is 1. The molecule has 19 heavy (non-hydrogen) atoms. The highest BCUT2D eigenvalue weighted by Crippen LogP contribution is 2.19. The summed E-state index contributed by atoms with van der Waals surface area (Å²) in [6.07, 6.45) is 4.11. The molecule has 2 rings (SSSR count). The molecule has 2 aromatic rings. The average molecular weight is 277 g/mol. The van der Waals surface area contributed by atoms with Crippen LogP contribution in [-0.4, -0.2) is 26.8 Å². The number of carbonyl (C=O) groups is 2. The van der Waals surface area contributed by atoms with E-state index in [1.54, 1.807) is 35.4 Å². The van der Waals surface area contributed by atoms with Crippen LogP contribution in [0.5, 0.6) is 0 Å². The Morgan fingerprint density at radius 3 is 2.89 bits per heavy atom. The van der Waals surface area contributed by atoms with Gasteiger partial charge < -0.3 is 10.4 Å². The third kappa shape index (κ3) is 3.29. The maximum Gasteiger partial charge on any atom is 0.328 e. The van der Waals surface area contributed by atoms with Crippen LogP contribution in [0.4, 0.5) is 5.82 Å². The first kappa shape index (κ1) is 13.0. The van der Waals surface area contributed by atoms with E-state index in [0.29, 0.717) is 16.3 Å². The second-order valence-corrected chi connectivity index (χ2v) is 4.62. The molecular formula is C12H11N3O3S. The Morgan fingerprint density at radius 2 is 2.26 bits per heavy atom. The fraction of sp³-hybridized carbons (Fsp3) is 0.0833. The molecule has 0 aliphatic rings. The molecule has 2 heterocycles. The summed E-state index contributed by atoms with van der Waals surface area (Å²) in [5.41, 5.74) is 0.570. The number of anilines is 1. The van der Waals surface area contributed by atoms with Crippen LogP contribution in [-0.2, 0) is 11.8 Å². The molecule has 0 spiro atoms. The fourth-order valence-electron chi connectivity index (χ4n) is 1.45. The number of aromatic nitrogens is 2. The van der Waals surface area contributed by atoms with Gasteiger partial charge in [-0.1, -0.05) is 0 Å². The Labute approximate surface area is 113 Å². The van der Waals surface area contributed by atoms with Gasteiger partial charge in [0.15, 0.2) is 5.82 Å². The van der Waals surface area contributed by atoms with E-state index in [-0.39, 0.29) is 5.91 Å². The van der Waals surface area contributed by atoms with Gasteiger partial charge in [0.1, 0.15) is 0 Å². The molecule has 0 saturated carbocycles. The number of aryl methyl sites for hydroxylation is 1. The first-order valence-electron chi connectivity index (χ1n) is 5.36. The second-order valence-electron chi connectivity index (χ2n) is 3.71. The molecule has 0 atom stereocenters. The third-order valence-corrected chi connectivity index (χ3v) is 3.19. The molecule has 0 radical (unpaired) electrons. The van der Waals surface area contributed by atoms with E-state index in [1.165, 1.54) is 17.4 Å². The monoisotopic (exact) mass is 277 g/mol. The van der Waals surface area contributed by atoms with Gasteiger partial charge in [-0.2, -0.15) is 5.10 Å². The van der Waals surface area contributed by atoms with Crippen LogP contribution in [0.25, 0.3) is 6.08 Å². The summed E-state index contributed by atoms with van der Waals surface area (Å²) in [7, 11) is 1.75. The van der Waals surface area contributed by atoms with Gasteiger partial charge in [-0.15, -0.1) is 11.3 Å². The minimum Gasteiger partial charge on any atom is -0.478 e. The zero-order valence-corrected chi connectivity index (χ0v) is 10.8. The number of rotatable bonds is 4. The van der Waals surface area contributed by atoms with Crippen LogP contribution >= 0.6 is 11.3 Å². The van der Waals surface area contributed by atoms with Crippen molar-refractivity contribution in [2.75, 3.05) is 5.32 Å². The number of carboxylic acids is 1. The fourth-order valence-corrected chi connectivity index (χ4v) is 2.23. The number of nitrogens with zero attached hydrogens (tertiary/aromatic N) is 2. The molecule has 2 N–H and O–H groups in total. The quantitative estimate of drug-likeness (QED) is 0.835. The lowest BCUT2D eigenvalue weighted by Gasteiger charge is -2.00. The number of hydrogen-bond acceptors (Lipinski definition) is 4. The summed E-state index contributed by atoms with van der Waals surface area (Å²) < 4.78 is 1.58. The predicted molar refractivity (Wildman–Crippen MR) is 72.2 cm³/mol. The molecule has 0 bridgehead atoms. The Morgan fingerprint density at radius 1 is 1.47 bits per heavy atom. The zero-order chi connectivity index (χ0) is 13.8. The average Bonchev–Trinajstić information content (AvgIpc) is 2.95. The van der Waals surface area contributed by atoms with Crippen molar-refractivity contribution in [2.24, 2.45) is 7.05 Å². The highest BCUT2D eigenvalue weighted by Gasteiger charge is 2.12. The smallest absolute Gasteiger partial charge is 0.328 e. The van der Waals surface area contributed by atoms with Gasteiger partial charge in [0.2, 0.25) is 0 Å². The summed E-state index contributed by atoms with van der Waals surface area (Å²) in [5.74, 6) is -0.907. The zero-order valence-electron chi connectivity index (χ0n) is 10.0. The predicted octanol–water partition coefficient (Wildman–Crippen LogP) is 1.83. The van der Waals surface area contributed by atoms with Gasteiger partial charge in [0.05, 0.1) is 4.88 Å². The maximum atomic E-state index is 12.0. The third-order valence-electron chi connectivity index (χ3n) is 2.26. The van der Waals surface area contributed by atoms with E-state index in [1.807, 2.05) is 0 Å². The van der Waals surface area contributed by atoms with Crippen LogP contribution in [0.3, 0.4) is 0 Å². The van der Waals surface area contributed by atoms with E-state index in [4.69, 9.17) is 5.11 Å². The van der Waals surface area contributed by atoms with Crippen LogP contribution in [0.15, 0.2) is 29.8 Å². The number of aliphatic carboxylic acids is 1. The lowest BCUT2D eigenvalue weighted by molar-refractivity contribution is -0.131. The molecule has 98 valence electrons. The van der Waals surface area contributed by atoms with Crippen molar-refractivity contribution in [1.82, 2.24) is 9.78 Å². The normalized spacial score (nSPS) is 10.8. The van der Waals surface area contributed by atoms with Crippen molar-refractivity contribution in [3.05, 3.63) is 40.2 Å². The largest absolute Gasteiger partial charge is 0.478 e. The molecule has 7 heteroatoms. The van der Waals surface area contributed by atoms with Crippen molar-refractivity contribution in [3.8, 4) is 0 Å². The summed E-state index contributed by atoms with van der Waals surface area (Å²) in [4.78, 5) is 22.9. The molecule has 2 aromatic heterocycles. The Bertz CT molecular complexity index is 642.